The minimum absolute atomic E-state index is 0.523. The van der Waals surface area contributed by atoms with E-state index in [2.05, 4.69) is 35.6 Å². The van der Waals surface area contributed by atoms with Gasteiger partial charge >= 0.3 is 0 Å². The molecular formula is C14H25N3. The minimum atomic E-state index is 0.523. The molecule has 1 aromatic heterocycles. The van der Waals surface area contributed by atoms with Gasteiger partial charge in [0.2, 0.25) is 0 Å². The molecule has 1 aliphatic rings. The highest BCUT2D eigenvalue weighted by Gasteiger charge is 2.23. The largest absolute Gasteiger partial charge is 0.330 e. The molecule has 0 aromatic carbocycles. The summed E-state index contributed by atoms with van der Waals surface area (Å²) in [5.74, 6) is 0.754. The summed E-state index contributed by atoms with van der Waals surface area (Å²) < 4.78 is 2.39. The maximum absolute atomic E-state index is 4.36. The Kier molecular flexibility index (Phi) is 4.21. The molecule has 0 radical (unpaired) electrons. The van der Waals surface area contributed by atoms with Gasteiger partial charge in [-0.25, -0.2) is 4.98 Å². The molecular weight excluding hydrogens is 210 g/mol. The second kappa shape index (κ2) is 5.67. The molecule has 0 spiro atoms. The maximum atomic E-state index is 4.36. The molecule has 1 aliphatic heterocycles. The summed E-state index contributed by atoms with van der Waals surface area (Å²) in [6, 6.07) is 1.08. The summed E-state index contributed by atoms with van der Waals surface area (Å²) >= 11 is 0. The first kappa shape index (κ1) is 12.6. The highest BCUT2D eigenvalue weighted by Crippen LogP contribution is 2.30. The lowest BCUT2D eigenvalue weighted by Crippen LogP contribution is -2.22. The van der Waals surface area contributed by atoms with Crippen molar-refractivity contribution in [2.75, 3.05) is 6.54 Å². The first-order chi connectivity index (χ1) is 8.27. The third kappa shape index (κ3) is 2.54. The first-order valence-corrected chi connectivity index (χ1v) is 7.03. The smallest absolute Gasteiger partial charge is 0.0951 e. The molecule has 0 aliphatic carbocycles. The maximum Gasteiger partial charge on any atom is 0.0951 e. The van der Waals surface area contributed by atoms with Crippen LogP contribution in [0.25, 0.3) is 0 Å². The van der Waals surface area contributed by atoms with Crippen LogP contribution in [0.5, 0.6) is 0 Å². The Balaban J connectivity index is 2.17. The van der Waals surface area contributed by atoms with Crippen LogP contribution in [0.15, 0.2) is 12.5 Å². The van der Waals surface area contributed by atoms with Gasteiger partial charge in [0.25, 0.3) is 0 Å². The van der Waals surface area contributed by atoms with Gasteiger partial charge in [0, 0.05) is 18.3 Å². The monoisotopic (exact) mass is 235 g/mol. The van der Waals surface area contributed by atoms with Crippen LogP contribution in [0.4, 0.5) is 0 Å². The van der Waals surface area contributed by atoms with Gasteiger partial charge in [0.15, 0.2) is 0 Å². The summed E-state index contributed by atoms with van der Waals surface area (Å²) in [6.07, 6.45) is 9.08. The standard InChI is InChI=1S/C14H25N3/c1-4-12(5-2)11(3)17-10-15-9-14(17)13-7-6-8-16-13/h9-13,16H,4-8H2,1-3H3/t11?,13-/m0/s1. The topological polar surface area (TPSA) is 29.9 Å². The molecule has 96 valence electrons. The van der Waals surface area contributed by atoms with Gasteiger partial charge in [-0.2, -0.15) is 0 Å². The Morgan fingerprint density at radius 2 is 2.24 bits per heavy atom. The van der Waals surface area contributed by atoms with Crippen molar-refractivity contribution in [2.24, 2.45) is 5.92 Å². The van der Waals surface area contributed by atoms with Crippen LogP contribution in [-0.2, 0) is 0 Å². The summed E-state index contributed by atoms with van der Waals surface area (Å²) in [5, 5.41) is 3.57. The fraction of sp³-hybridized carbons (Fsp3) is 0.786. The van der Waals surface area contributed by atoms with Gasteiger partial charge in [-0.05, 0) is 32.2 Å². The summed E-state index contributed by atoms with van der Waals surface area (Å²) in [7, 11) is 0. The van der Waals surface area contributed by atoms with Gasteiger partial charge in [0.05, 0.1) is 12.0 Å². The lowest BCUT2D eigenvalue weighted by molar-refractivity contribution is 0.321. The number of hydrogen-bond acceptors (Lipinski definition) is 2. The molecule has 2 atom stereocenters. The Labute approximate surface area is 105 Å². The molecule has 3 heteroatoms. The van der Waals surface area contributed by atoms with E-state index in [1.165, 1.54) is 31.4 Å². The normalized spacial score (nSPS) is 22.2. The lowest BCUT2D eigenvalue weighted by Gasteiger charge is -2.26. The number of rotatable bonds is 5. The molecule has 0 saturated carbocycles. The zero-order valence-electron chi connectivity index (χ0n) is 11.3. The van der Waals surface area contributed by atoms with E-state index in [4.69, 9.17) is 0 Å². The fourth-order valence-electron chi connectivity index (χ4n) is 3.06. The predicted octanol–water partition coefficient (Wildman–Crippen LogP) is 3.30. The van der Waals surface area contributed by atoms with E-state index < -0.39 is 0 Å². The Morgan fingerprint density at radius 1 is 1.47 bits per heavy atom. The Hall–Kier alpha value is -0.830. The zero-order chi connectivity index (χ0) is 12.3. The SMILES string of the molecule is CCC(CC)C(C)n1cncc1[C@@H]1CCCN1. The summed E-state index contributed by atoms with van der Waals surface area (Å²) in [6.45, 7) is 8.05. The van der Waals surface area contributed by atoms with Crippen molar-refractivity contribution in [2.45, 2.75) is 58.5 Å². The van der Waals surface area contributed by atoms with E-state index in [9.17, 15) is 0 Å². The molecule has 1 aromatic rings. The average Bonchev–Trinajstić information content (AvgIpc) is 3.01. The molecule has 0 bridgehead atoms. The molecule has 2 heterocycles. The van der Waals surface area contributed by atoms with Crippen molar-refractivity contribution >= 4 is 0 Å². The second-order valence-corrected chi connectivity index (χ2v) is 5.19. The van der Waals surface area contributed by atoms with E-state index in [0.29, 0.717) is 12.1 Å². The molecule has 2 rings (SSSR count). The van der Waals surface area contributed by atoms with Crippen LogP contribution < -0.4 is 5.32 Å². The van der Waals surface area contributed by atoms with Crippen LogP contribution in [-0.4, -0.2) is 16.1 Å². The van der Waals surface area contributed by atoms with Crippen LogP contribution in [0.2, 0.25) is 0 Å². The van der Waals surface area contributed by atoms with Gasteiger partial charge in [-0.1, -0.05) is 26.7 Å². The zero-order valence-corrected chi connectivity index (χ0v) is 11.3. The Morgan fingerprint density at radius 3 is 2.82 bits per heavy atom. The summed E-state index contributed by atoms with van der Waals surface area (Å²) in [4.78, 5) is 4.36. The average molecular weight is 235 g/mol. The fourth-order valence-corrected chi connectivity index (χ4v) is 3.06. The van der Waals surface area contributed by atoms with Gasteiger partial charge < -0.3 is 9.88 Å². The van der Waals surface area contributed by atoms with E-state index in [-0.39, 0.29) is 0 Å². The van der Waals surface area contributed by atoms with Crippen molar-refractivity contribution in [3.63, 3.8) is 0 Å². The summed E-state index contributed by atoms with van der Waals surface area (Å²) in [5.41, 5.74) is 1.38. The molecule has 0 amide bonds. The third-order valence-electron chi connectivity index (χ3n) is 4.28. The lowest BCUT2D eigenvalue weighted by atomic mass is 9.95. The van der Waals surface area contributed by atoms with E-state index >= 15 is 0 Å². The van der Waals surface area contributed by atoms with Gasteiger partial charge in [-0.3, -0.25) is 0 Å². The highest BCUT2D eigenvalue weighted by atomic mass is 15.1. The van der Waals surface area contributed by atoms with Crippen molar-refractivity contribution in [3.05, 3.63) is 18.2 Å². The number of hydrogen-bond donors (Lipinski definition) is 1. The predicted molar refractivity (Wildman–Crippen MR) is 71.0 cm³/mol. The van der Waals surface area contributed by atoms with Crippen LogP contribution in [0, 0.1) is 5.92 Å². The van der Waals surface area contributed by atoms with E-state index in [1.807, 2.05) is 12.5 Å². The second-order valence-electron chi connectivity index (χ2n) is 5.19. The van der Waals surface area contributed by atoms with Crippen molar-refractivity contribution in [1.29, 1.82) is 0 Å². The van der Waals surface area contributed by atoms with Crippen LogP contribution in [0.3, 0.4) is 0 Å². The van der Waals surface area contributed by atoms with Crippen molar-refractivity contribution in [3.8, 4) is 0 Å². The van der Waals surface area contributed by atoms with Crippen molar-refractivity contribution < 1.29 is 0 Å². The molecule has 1 saturated heterocycles. The molecule has 17 heavy (non-hydrogen) atoms. The quantitative estimate of drug-likeness (QED) is 0.848. The van der Waals surface area contributed by atoms with Gasteiger partial charge in [-0.15, -0.1) is 0 Å². The number of aromatic nitrogens is 2. The highest BCUT2D eigenvalue weighted by molar-refractivity contribution is 5.08. The third-order valence-corrected chi connectivity index (χ3v) is 4.28. The molecule has 1 fully saturated rings. The molecule has 3 nitrogen and oxygen atoms in total. The van der Waals surface area contributed by atoms with Gasteiger partial charge in [0.1, 0.15) is 0 Å². The first-order valence-electron chi connectivity index (χ1n) is 7.03. The van der Waals surface area contributed by atoms with Crippen LogP contribution >= 0.6 is 0 Å². The molecule has 1 unspecified atom stereocenters. The number of imidazole rings is 1. The van der Waals surface area contributed by atoms with E-state index in [1.54, 1.807) is 0 Å². The Bertz CT molecular complexity index is 335. The molecule has 1 N–H and O–H groups in total. The van der Waals surface area contributed by atoms with E-state index in [0.717, 1.165) is 12.5 Å². The number of nitrogens with one attached hydrogen (secondary N) is 1. The van der Waals surface area contributed by atoms with Crippen LogP contribution in [0.1, 0.15) is 64.2 Å². The van der Waals surface area contributed by atoms with Crippen molar-refractivity contribution in [1.82, 2.24) is 14.9 Å². The minimum Gasteiger partial charge on any atom is -0.330 e. The number of nitrogens with zero attached hydrogens (tertiary/aromatic N) is 2.